The number of likely N-dealkylation sites (N-methyl/N-ethyl adjacent to an activating group) is 1. The minimum absolute atomic E-state index is 0.176. The largest absolute Gasteiger partial charge is 0.491 e. The van der Waals surface area contributed by atoms with E-state index in [1.54, 1.807) is 19.2 Å². The van der Waals surface area contributed by atoms with Gasteiger partial charge in [0, 0.05) is 17.8 Å². The first-order valence-corrected chi connectivity index (χ1v) is 12.7. The summed E-state index contributed by atoms with van der Waals surface area (Å²) in [6.07, 6.45) is 5.69. The lowest BCUT2D eigenvalue weighted by Crippen LogP contribution is -2.29. The minimum Gasteiger partial charge on any atom is -0.491 e. The average molecular weight is 497 g/mol. The van der Waals surface area contributed by atoms with Crippen LogP contribution in [-0.4, -0.2) is 46.5 Å². The molecule has 0 radical (unpaired) electrons. The fourth-order valence-electron chi connectivity index (χ4n) is 5.37. The number of aryl methyl sites for hydroxylation is 2. The molecule has 1 aromatic carbocycles. The van der Waals surface area contributed by atoms with E-state index < -0.39 is 6.10 Å². The number of hydrogen-bond donors (Lipinski definition) is 2. The molecule has 2 aliphatic carbocycles. The third kappa shape index (κ3) is 4.95. The van der Waals surface area contributed by atoms with Gasteiger partial charge in [-0.05, 0) is 95.0 Å². The molecule has 1 spiro atoms. The lowest BCUT2D eigenvalue weighted by Gasteiger charge is -2.36. The van der Waals surface area contributed by atoms with Gasteiger partial charge in [-0.25, -0.2) is 9.97 Å². The maximum atomic E-state index is 10.0. The van der Waals surface area contributed by atoms with Gasteiger partial charge in [0.15, 0.2) is 5.82 Å². The zero-order valence-corrected chi connectivity index (χ0v) is 21.6. The second kappa shape index (κ2) is 9.52. The Hall–Kier alpha value is -2.48. The SMILES string of the molecule is CNCC(O)COc1ccc(Cl)c(-c2nc(CC3CC4(CC4)C3)c(C)c(-c3c(C)noc3C)n2)c1. The van der Waals surface area contributed by atoms with Crippen LogP contribution in [0.25, 0.3) is 22.6 Å². The highest BCUT2D eigenvalue weighted by Crippen LogP contribution is 2.63. The summed E-state index contributed by atoms with van der Waals surface area (Å²) in [5, 5.41) is 17.7. The summed E-state index contributed by atoms with van der Waals surface area (Å²) in [4.78, 5) is 10.0. The van der Waals surface area contributed by atoms with Crippen LogP contribution < -0.4 is 10.1 Å². The number of aliphatic hydroxyl groups excluding tert-OH is 1. The van der Waals surface area contributed by atoms with E-state index in [2.05, 4.69) is 17.4 Å². The number of nitrogens with zero attached hydrogens (tertiary/aromatic N) is 3. The Morgan fingerprint density at radius 2 is 2.00 bits per heavy atom. The third-order valence-corrected chi connectivity index (χ3v) is 7.79. The molecular weight excluding hydrogens is 464 g/mol. The van der Waals surface area contributed by atoms with E-state index in [-0.39, 0.29) is 6.61 Å². The summed E-state index contributed by atoms with van der Waals surface area (Å²) < 4.78 is 11.3. The van der Waals surface area contributed by atoms with Gasteiger partial charge in [-0.1, -0.05) is 16.8 Å². The Labute approximate surface area is 211 Å². The summed E-state index contributed by atoms with van der Waals surface area (Å²) in [6, 6.07) is 5.44. The zero-order chi connectivity index (χ0) is 24.7. The van der Waals surface area contributed by atoms with E-state index in [1.165, 1.54) is 25.7 Å². The van der Waals surface area contributed by atoms with Crippen molar-refractivity contribution in [1.82, 2.24) is 20.4 Å². The maximum absolute atomic E-state index is 10.0. The lowest BCUT2D eigenvalue weighted by atomic mass is 9.69. The zero-order valence-electron chi connectivity index (χ0n) is 20.8. The predicted molar refractivity (Wildman–Crippen MR) is 136 cm³/mol. The molecule has 2 heterocycles. The van der Waals surface area contributed by atoms with E-state index in [9.17, 15) is 5.11 Å². The number of benzene rings is 1. The molecule has 35 heavy (non-hydrogen) atoms. The van der Waals surface area contributed by atoms with Crippen LogP contribution in [0.15, 0.2) is 22.7 Å². The first kappa shape index (κ1) is 24.2. The summed E-state index contributed by atoms with van der Waals surface area (Å²) in [5.74, 6) is 2.57. The maximum Gasteiger partial charge on any atom is 0.161 e. The Morgan fingerprint density at radius 3 is 2.66 bits per heavy atom. The van der Waals surface area contributed by atoms with E-state index in [4.69, 9.17) is 30.8 Å². The van der Waals surface area contributed by atoms with Crippen LogP contribution in [0.2, 0.25) is 5.02 Å². The topological polar surface area (TPSA) is 93.3 Å². The molecule has 0 aliphatic heterocycles. The normalized spacial score (nSPS) is 17.4. The second-order valence-corrected chi connectivity index (χ2v) is 10.7. The van der Waals surface area contributed by atoms with E-state index in [1.807, 2.05) is 19.9 Å². The van der Waals surface area contributed by atoms with Gasteiger partial charge in [0.25, 0.3) is 0 Å². The van der Waals surface area contributed by atoms with Crippen LogP contribution in [-0.2, 0) is 6.42 Å². The summed E-state index contributed by atoms with van der Waals surface area (Å²) in [7, 11) is 1.79. The van der Waals surface area contributed by atoms with E-state index in [0.717, 1.165) is 40.4 Å². The molecule has 2 fully saturated rings. The van der Waals surface area contributed by atoms with Crippen molar-refractivity contribution in [3.63, 3.8) is 0 Å². The van der Waals surface area contributed by atoms with Gasteiger partial charge in [-0.2, -0.15) is 0 Å². The average Bonchev–Trinajstić information content (AvgIpc) is 3.53. The Kier molecular flexibility index (Phi) is 6.59. The monoisotopic (exact) mass is 496 g/mol. The predicted octanol–water partition coefficient (Wildman–Crippen LogP) is 5.07. The van der Waals surface area contributed by atoms with Crippen molar-refractivity contribution < 1.29 is 14.4 Å². The fraction of sp³-hybridized carbons (Fsp3) is 0.519. The van der Waals surface area contributed by atoms with Crippen LogP contribution in [0, 0.1) is 32.1 Å². The summed E-state index contributed by atoms with van der Waals surface area (Å²) >= 11 is 6.64. The van der Waals surface area contributed by atoms with Crippen molar-refractivity contribution in [2.45, 2.75) is 59.0 Å². The highest BCUT2D eigenvalue weighted by molar-refractivity contribution is 6.33. The van der Waals surface area contributed by atoms with Crippen LogP contribution in [0.5, 0.6) is 5.75 Å². The minimum atomic E-state index is -0.607. The van der Waals surface area contributed by atoms with Crippen molar-refractivity contribution in [3.05, 3.63) is 45.9 Å². The molecule has 2 aromatic heterocycles. The van der Waals surface area contributed by atoms with E-state index in [0.29, 0.717) is 40.0 Å². The number of ether oxygens (including phenoxy) is 1. The number of nitrogens with one attached hydrogen (secondary N) is 1. The molecule has 3 aromatic rings. The van der Waals surface area contributed by atoms with Gasteiger partial charge in [-0.3, -0.25) is 0 Å². The van der Waals surface area contributed by atoms with Crippen molar-refractivity contribution in [2.24, 2.45) is 11.3 Å². The van der Waals surface area contributed by atoms with Crippen LogP contribution in [0.4, 0.5) is 0 Å². The van der Waals surface area contributed by atoms with Gasteiger partial charge >= 0.3 is 0 Å². The Bertz CT molecular complexity index is 1210. The van der Waals surface area contributed by atoms with Crippen LogP contribution >= 0.6 is 11.6 Å². The van der Waals surface area contributed by atoms with Crippen molar-refractivity contribution in [1.29, 1.82) is 0 Å². The van der Waals surface area contributed by atoms with Crippen molar-refractivity contribution in [2.75, 3.05) is 20.2 Å². The molecule has 0 saturated heterocycles. The molecule has 186 valence electrons. The van der Waals surface area contributed by atoms with Crippen LogP contribution in [0.1, 0.15) is 48.4 Å². The molecule has 2 saturated carbocycles. The van der Waals surface area contributed by atoms with Crippen molar-refractivity contribution in [3.8, 4) is 28.4 Å². The molecule has 7 nitrogen and oxygen atoms in total. The van der Waals surface area contributed by atoms with Gasteiger partial charge in [0.05, 0.1) is 22.0 Å². The standard InChI is InChI=1S/C27H33ClN4O3/c1-15-23(9-18-11-27(12-18)7-8-27)30-26(31-25(15)24-16(2)32-35-17(24)3)21-10-20(5-6-22(21)28)34-14-19(33)13-29-4/h5-6,10,18-19,29,33H,7-9,11-14H2,1-4H3. The third-order valence-electron chi connectivity index (χ3n) is 7.46. The summed E-state index contributed by atoms with van der Waals surface area (Å²) in [6.45, 7) is 6.57. The molecule has 2 N–H and O–H groups in total. The van der Waals surface area contributed by atoms with Gasteiger partial charge in [0.1, 0.15) is 24.2 Å². The number of hydrogen-bond acceptors (Lipinski definition) is 7. The molecule has 0 bridgehead atoms. The number of rotatable bonds is 9. The van der Waals surface area contributed by atoms with Gasteiger partial charge in [0.2, 0.25) is 0 Å². The quantitative estimate of drug-likeness (QED) is 0.427. The van der Waals surface area contributed by atoms with Crippen molar-refractivity contribution >= 4 is 11.6 Å². The first-order chi connectivity index (χ1) is 16.8. The number of aromatic nitrogens is 3. The number of halogens is 1. The van der Waals surface area contributed by atoms with E-state index >= 15 is 0 Å². The molecular formula is C27H33ClN4O3. The van der Waals surface area contributed by atoms with Gasteiger partial charge < -0.3 is 19.7 Å². The summed E-state index contributed by atoms with van der Waals surface area (Å²) in [5.41, 5.74) is 6.03. The molecule has 8 heteroatoms. The highest BCUT2D eigenvalue weighted by Gasteiger charge is 2.52. The molecule has 0 amide bonds. The smallest absolute Gasteiger partial charge is 0.161 e. The Morgan fingerprint density at radius 1 is 1.23 bits per heavy atom. The molecule has 1 atom stereocenters. The highest BCUT2D eigenvalue weighted by atomic mass is 35.5. The number of aliphatic hydroxyl groups is 1. The molecule has 1 unspecified atom stereocenters. The fourth-order valence-corrected chi connectivity index (χ4v) is 5.57. The van der Waals surface area contributed by atoms with Gasteiger partial charge in [-0.15, -0.1) is 0 Å². The second-order valence-electron chi connectivity index (χ2n) is 10.3. The van der Waals surface area contributed by atoms with Crippen LogP contribution in [0.3, 0.4) is 0 Å². The Balaban J connectivity index is 1.52. The lowest BCUT2D eigenvalue weighted by molar-refractivity contribution is 0.108. The first-order valence-electron chi connectivity index (χ1n) is 12.3. The molecule has 2 aliphatic rings. The molecule has 5 rings (SSSR count).